The molecule has 2 aliphatic rings. The molecule has 1 amide bonds. The Hall–Kier alpha value is -0.670. The van der Waals surface area contributed by atoms with Gasteiger partial charge in [-0.25, -0.2) is 13.1 Å². The first-order chi connectivity index (χ1) is 11.3. The van der Waals surface area contributed by atoms with Gasteiger partial charge in [-0.15, -0.1) is 23.7 Å². The fraction of sp³-hybridized carbons (Fsp3) is 0.688. The average Bonchev–Trinajstić information content (AvgIpc) is 3.11. The van der Waals surface area contributed by atoms with E-state index >= 15 is 0 Å². The predicted octanol–water partition coefficient (Wildman–Crippen LogP) is 1.62. The van der Waals surface area contributed by atoms with Crippen molar-refractivity contribution in [3.63, 3.8) is 0 Å². The Kier molecular flexibility index (Phi) is 6.89. The van der Waals surface area contributed by atoms with E-state index in [1.165, 1.54) is 24.2 Å². The van der Waals surface area contributed by atoms with Gasteiger partial charge in [0.25, 0.3) is 5.91 Å². The van der Waals surface area contributed by atoms with Crippen LogP contribution in [0.25, 0.3) is 0 Å². The Bertz CT molecular complexity index is 695. The Balaban J connectivity index is 0.00000225. The number of fused-ring (bicyclic) bond motifs is 2. The van der Waals surface area contributed by atoms with Crippen LogP contribution >= 0.6 is 23.7 Å². The molecule has 2 atom stereocenters. The molecule has 0 saturated carbocycles. The van der Waals surface area contributed by atoms with E-state index in [0.29, 0.717) is 31.1 Å². The smallest absolute Gasteiger partial charge is 0.263 e. The Morgan fingerprint density at radius 3 is 2.56 bits per heavy atom. The van der Waals surface area contributed by atoms with E-state index in [9.17, 15) is 13.2 Å². The van der Waals surface area contributed by atoms with Crippen LogP contribution in [0.1, 0.15) is 40.2 Å². The van der Waals surface area contributed by atoms with Crippen molar-refractivity contribution in [1.82, 2.24) is 14.9 Å². The van der Waals surface area contributed by atoms with Gasteiger partial charge in [-0.2, -0.15) is 0 Å². The summed E-state index contributed by atoms with van der Waals surface area (Å²) in [5.41, 5.74) is 0. The van der Waals surface area contributed by atoms with Gasteiger partial charge < -0.3 is 10.2 Å². The number of amides is 1. The first kappa shape index (κ1) is 20.6. The second kappa shape index (κ2) is 8.35. The van der Waals surface area contributed by atoms with Crippen LogP contribution in [0.2, 0.25) is 0 Å². The van der Waals surface area contributed by atoms with Gasteiger partial charge in [0.1, 0.15) is 0 Å². The zero-order chi connectivity index (χ0) is 17.3. The predicted molar refractivity (Wildman–Crippen MR) is 103 cm³/mol. The van der Waals surface area contributed by atoms with E-state index in [1.54, 1.807) is 0 Å². The normalized spacial score (nSPS) is 25.4. The van der Waals surface area contributed by atoms with Crippen LogP contribution in [0.15, 0.2) is 12.1 Å². The van der Waals surface area contributed by atoms with Crippen molar-refractivity contribution in [2.24, 2.45) is 0 Å². The minimum atomic E-state index is -3.16. The van der Waals surface area contributed by atoms with E-state index in [1.807, 2.05) is 24.1 Å². The standard InChI is InChI=1S/C16H25N3O3S2.ClH/c1-19(13-9-11-3-4-12(10-13)18-11)16(20)15-6-5-14(23-15)7-8-17-24(2,21)22;/h5-6,11-13,17-18H,3-4,7-10H2,1-2H3;1H. The van der Waals surface area contributed by atoms with E-state index < -0.39 is 10.0 Å². The fourth-order valence-corrected chi connectivity index (χ4v) is 5.13. The molecule has 25 heavy (non-hydrogen) atoms. The van der Waals surface area contributed by atoms with Gasteiger partial charge in [-0.05, 0) is 44.2 Å². The number of thiophene rings is 1. The van der Waals surface area contributed by atoms with Crippen LogP contribution in [0.4, 0.5) is 0 Å². The molecule has 1 aromatic rings. The number of nitrogens with zero attached hydrogens (tertiary/aromatic N) is 1. The molecule has 3 heterocycles. The van der Waals surface area contributed by atoms with Gasteiger partial charge >= 0.3 is 0 Å². The first-order valence-electron chi connectivity index (χ1n) is 8.38. The molecule has 3 rings (SSSR count). The highest BCUT2D eigenvalue weighted by molar-refractivity contribution is 7.88. The van der Waals surface area contributed by atoms with Crippen LogP contribution in [0.3, 0.4) is 0 Å². The number of carbonyl (C=O) groups excluding carboxylic acids is 1. The Morgan fingerprint density at radius 1 is 1.32 bits per heavy atom. The number of nitrogens with one attached hydrogen (secondary N) is 2. The molecule has 142 valence electrons. The molecule has 0 aromatic carbocycles. The highest BCUT2D eigenvalue weighted by Crippen LogP contribution is 2.30. The summed E-state index contributed by atoms with van der Waals surface area (Å²) in [5, 5.41) is 3.60. The second-order valence-electron chi connectivity index (χ2n) is 6.86. The zero-order valence-electron chi connectivity index (χ0n) is 14.5. The third-order valence-electron chi connectivity index (χ3n) is 4.92. The summed E-state index contributed by atoms with van der Waals surface area (Å²) in [6.07, 6.45) is 6.27. The molecule has 2 unspecified atom stereocenters. The van der Waals surface area contributed by atoms with Crippen LogP contribution in [-0.2, 0) is 16.4 Å². The largest absolute Gasteiger partial charge is 0.338 e. The highest BCUT2D eigenvalue weighted by atomic mass is 35.5. The molecule has 2 aliphatic heterocycles. The van der Waals surface area contributed by atoms with Crippen molar-refractivity contribution in [1.29, 1.82) is 0 Å². The van der Waals surface area contributed by atoms with Gasteiger partial charge in [0, 0.05) is 36.6 Å². The van der Waals surface area contributed by atoms with Crippen molar-refractivity contribution < 1.29 is 13.2 Å². The summed E-state index contributed by atoms with van der Waals surface area (Å²) in [7, 11) is -1.26. The van der Waals surface area contributed by atoms with Crippen LogP contribution in [0.5, 0.6) is 0 Å². The lowest BCUT2D eigenvalue weighted by Crippen LogP contribution is -2.48. The van der Waals surface area contributed by atoms with E-state index in [-0.39, 0.29) is 18.3 Å². The average molecular weight is 408 g/mol. The zero-order valence-corrected chi connectivity index (χ0v) is 17.0. The maximum absolute atomic E-state index is 12.7. The van der Waals surface area contributed by atoms with Crippen molar-refractivity contribution in [3.8, 4) is 0 Å². The molecule has 2 saturated heterocycles. The topological polar surface area (TPSA) is 78.5 Å². The second-order valence-corrected chi connectivity index (χ2v) is 9.86. The summed E-state index contributed by atoms with van der Waals surface area (Å²) in [6.45, 7) is 0.362. The van der Waals surface area contributed by atoms with Crippen molar-refractivity contribution in [3.05, 3.63) is 21.9 Å². The molecule has 2 bridgehead atoms. The molecule has 1 aromatic heterocycles. The van der Waals surface area contributed by atoms with Crippen molar-refractivity contribution in [2.75, 3.05) is 19.8 Å². The van der Waals surface area contributed by atoms with Crippen molar-refractivity contribution in [2.45, 2.75) is 50.2 Å². The number of rotatable bonds is 6. The minimum Gasteiger partial charge on any atom is -0.338 e. The van der Waals surface area contributed by atoms with Crippen molar-refractivity contribution >= 4 is 39.7 Å². The van der Waals surface area contributed by atoms with Crippen LogP contribution in [0, 0.1) is 0 Å². The van der Waals surface area contributed by atoms with Gasteiger partial charge in [0.05, 0.1) is 11.1 Å². The maximum Gasteiger partial charge on any atom is 0.263 e. The van der Waals surface area contributed by atoms with Gasteiger partial charge in [-0.3, -0.25) is 4.79 Å². The van der Waals surface area contributed by atoms with E-state index in [4.69, 9.17) is 0 Å². The number of halogens is 1. The summed E-state index contributed by atoms with van der Waals surface area (Å²) >= 11 is 1.46. The van der Waals surface area contributed by atoms with Gasteiger partial charge in [0.15, 0.2) is 0 Å². The molecule has 6 nitrogen and oxygen atoms in total. The fourth-order valence-electron chi connectivity index (χ4n) is 3.67. The quantitative estimate of drug-likeness (QED) is 0.751. The van der Waals surface area contributed by atoms with Gasteiger partial charge in [-0.1, -0.05) is 0 Å². The lowest BCUT2D eigenvalue weighted by atomic mass is 9.98. The molecule has 2 fully saturated rings. The molecule has 0 aliphatic carbocycles. The maximum atomic E-state index is 12.7. The number of hydrogen-bond acceptors (Lipinski definition) is 5. The monoisotopic (exact) mass is 407 g/mol. The summed E-state index contributed by atoms with van der Waals surface area (Å²) in [4.78, 5) is 16.4. The molecule has 0 spiro atoms. The Labute approximate surface area is 159 Å². The first-order valence-corrected chi connectivity index (χ1v) is 11.1. The number of carbonyl (C=O) groups is 1. The molecule has 9 heteroatoms. The van der Waals surface area contributed by atoms with E-state index in [2.05, 4.69) is 10.0 Å². The highest BCUT2D eigenvalue weighted by Gasteiger charge is 2.36. The minimum absolute atomic E-state index is 0. The lowest BCUT2D eigenvalue weighted by molar-refractivity contribution is 0.0686. The van der Waals surface area contributed by atoms with Crippen LogP contribution < -0.4 is 10.0 Å². The van der Waals surface area contributed by atoms with E-state index in [0.717, 1.165) is 28.9 Å². The Morgan fingerprint density at radius 2 is 1.96 bits per heavy atom. The molecular formula is C16H26ClN3O3S2. The molecule has 2 N–H and O–H groups in total. The molecular weight excluding hydrogens is 382 g/mol. The van der Waals surface area contributed by atoms with Gasteiger partial charge in [0.2, 0.25) is 10.0 Å². The summed E-state index contributed by atoms with van der Waals surface area (Å²) in [6, 6.07) is 5.21. The molecule has 0 radical (unpaired) electrons. The SMILES string of the molecule is CN(C(=O)c1ccc(CCNS(C)(=O)=O)s1)C1CC2CCC(C1)N2.Cl. The number of sulfonamides is 1. The third-order valence-corrected chi connectivity index (χ3v) is 6.79. The summed E-state index contributed by atoms with van der Waals surface area (Å²) in [5.74, 6) is 0.0774. The number of piperidine rings is 1. The lowest BCUT2D eigenvalue weighted by Gasteiger charge is -2.35. The third kappa shape index (κ3) is 5.40. The number of hydrogen-bond donors (Lipinski definition) is 2. The summed E-state index contributed by atoms with van der Waals surface area (Å²) < 4.78 is 24.6. The van der Waals surface area contributed by atoms with Crippen LogP contribution in [-0.4, -0.2) is 57.2 Å².